The third-order valence-electron chi connectivity index (χ3n) is 1.95. The summed E-state index contributed by atoms with van der Waals surface area (Å²) < 4.78 is 80.1. The predicted octanol–water partition coefficient (Wildman–Crippen LogP) is 0.377. The molecule has 0 rings (SSSR count). The molecule has 22 heavy (non-hydrogen) atoms. The van der Waals surface area contributed by atoms with Crippen molar-refractivity contribution < 1.29 is 45.4 Å². The van der Waals surface area contributed by atoms with E-state index in [1.54, 1.807) is 10.6 Å². The summed E-state index contributed by atoms with van der Waals surface area (Å²) in [5.74, 6) is -4.15. The van der Waals surface area contributed by atoms with Gasteiger partial charge in [-0.25, -0.2) is 0 Å². The molecule has 0 fully saturated rings. The molecule has 0 aromatic rings. The van der Waals surface area contributed by atoms with Crippen LogP contribution in [0.2, 0.25) is 0 Å². The predicted molar refractivity (Wildman–Crippen MR) is 59.8 cm³/mol. The normalized spacial score (nSPS) is 12.1. The number of hydrogen-bond acceptors (Lipinski definition) is 4. The zero-order chi connectivity index (χ0) is 17.2. The molecule has 2 amide bonds. The van der Waals surface area contributed by atoms with E-state index >= 15 is 0 Å². The summed E-state index contributed by atoms with van der Waals surface area (Å²) in [7, 11) is 0. The summed E-state index contributed by atoms with van der Waals surface area (Å²) >= 11 is 0. The van der Waals surface area contributed by atoms with Crippen molar-refractivity contribution in [2.45, 2.75) is 12.4 Å². The van der Waals surface area contributed by atoms with Crippen LogP contribution >= 0.6 is 0 Å². The van der Waals surface area contributed by atoms with Gasteiger partial charge in [0.05, 0.1) is 26.4 Å². The van der Waals surface area contributed by atoms with Crippen molar-refractivity contribution >= 4 is 11.8 Å². The van der Waals surface area contributed by atoms with E-state index < -0.39 is 24.2 Å². The number of halogens is 6. The van der Waals surface area contributed by atoms with Gasteiger partial charge in [0, 0.05) is 13.1 Å². The summed E-state index contributed by atoms with van der Waals surface area (Å²) in [6.45, 7) is -1.13. The molecule has 0 aliphatic carbocycles. The molecule has 0 aliphatic heterocycles. The van der Waals surface area contributed by atoms with E-state index in [1.807, 2.05) is 0 Å². The Kier molecular flexibility index (Phi) is 8.79. The van der Waals surface area contributed by atoms with Gasteiger partial charge in [-0.3, -0.25) is 9.59 Å². The fraction of sp³-hybridized carbons (Fsp3) is 0.800. The average Bonchev–Trinajstić information content (AvgIpc) is 2.38. The van der Waals surface area contributed by atoms with Crippen molar-refractivity contribution in [1.29, 1.82) is 0 Å². The van der Waals surface area contributed by atoms with Crippen LogP contribution in [0.3, 0.4) is 0 Å². The highest BCUT2D eigenvalue weighted by atomic mass is 19.4. The van der Waals surface area contributed by atoms with Gasteiger partial charge >= 0.3 is 24.2 Å². The quantitative estimate of drug-likeness (QED) is 0.470. The van der Waals surface area contributed by atoms with Crippen LogP contribution < -0.4 is 10.6 Å². The number of rotatable bonds is 9. The number of amides is 2. The van der Waals surface area contributed by atoms with Gasteiger partial charge in [0.1, 0.15) is 0 Å². The third-order valence-corrected chi connectivity index (χ3v) is 1.95. The van der Waals surface area contributed by atoms with Crippen molar-refractivity contribution in [3.63, 3.8) is 0 Å². The second-order valence-electron chi connectivity index (χ2n) is 3.73. The van der Waals surface area contributed by atoms with Crippen LogP contribution in [0.15, 0.2) is 0 Å². The van der Waals surface area contributed by atoms with Gasteiger partial charge < -0.3 is 20.1 Å². The second-order valence-corrected chi connectivity index (χ2v) is 3.73. The fourth-order valence-corrected chi connectivity index (χ4v) is 0.996. The second kappa shape index (κ2) is 9.46. The van der Waals surface area contributed by atoms with E-state index in [0.717, 1.165) is 0 Å². The molecule has 12 heteroatoms. The van der Waals surface area contributed by atoms with E-state index in [2.05, 4.69) is 0 Å². The van der Waals surface area contributed by atoms with Crippen molar-refractivity contribution in [2.24, 2.45) is 0 Å². The van der Waals surface area contributed by atoms with Crippen LogP contribution in [0.25, 0.3) is 0 Å². The maximum Gasteiger partial charge on any atom is 0.471 e. The topological polar surface area (TPSA) is 76.7 Å². The molecule has 6 nitrogen and oxygen atoms in total. The highest BCUT2D eigenvalue weighted by Gasteiger charge is 2.38. The minimum Gasteiger partial charge on any atom is -0.377 e. The Balaban J connectivity index is 3.38. The van der Waals surface area contributed by atoms with E-state index in [0.29, 0.717) is 0 Å². The molecule has 0 saturated carbocycles. The van der Waals surface area contributed by atoms with Crippen LogP contribution in [0, 0.1) is 0 Å². The largest absolute Gasteiger partial charge is 0.471 e. The molecule has 0 spiro atoms. The van der Waals surface area contributed by atoms with Crippen molar-refractivity contribution in [2.75, 3.05) is 39.5 Å². The van der Waals surface area contributed by atoms with E-state index in [4.69, 9.17) is 9.47 Å². The minimum absolute atomic E-state index is 0.0326. The number of carbonyl (C=O) groups excluding carboxylic acids is 2. The van der Waals surface area contributed by atoms with E-state index in [1.165, 1.54) is 0 Å². The zero-order valence-corrected chi connectivity index (χ0v) is 11.1. The van der Waals surface area contributed by atoms with Gasteiger partial charge in [-0.2, -0.15) is 26.3 Å². The summed E-state index contributed by atoms with van der Waals surface area (Å²) in [5.41, 5.74) is 0. The maximum absolute atomic E-state index is 11.8. The molecule has 0 atom stereocenters. The molecular weight excluding hydrogens is 326 g/mol. The summed E-state index contributed by atoms with van der Waals surface area (Å²) in [5, 5.41) is 3.15. The summed E-state index contributed by atoms with van der Waals surface area (Å²) in [6, 6.07) is 0. The highest BCUT2D eigenvalue weighted by Crippen LogP contribution is 2.14. The Morgan fingerprint density at radius 3 is 1.27 bits per heavy atom. The third kappa shape index (κ3) is 10.2. The lowest BCUT2D eigenvalue weighted by Crippen LogP contribution is -2.38. The first-order chi connectivity index (χ1) is 10.0. The Morgan fingerprint density at radius 2 is 1.00 bits per heavy atom. The molecule has 0 saturated heterocycles. The molecule has 0 aromatic heterocycles. The number of ether oxygens (including phenoxy) is 2. The molecular formula is C10H14F6N2O4. The van der Waals surface area contributed by atoms with Crippen LogP contribution in [0.4, 0.5) is 26.3 Å². The Morgan fingerprint density at radius 1 is 0.682 bits per heavy atom. The molecule has 2 N–H and O–H groups in total. The van der Waals surface area contributed by atoms with Crippen LogP contribution in [0.5, 0.6) is 0 Å². The number of carbonyl (C=O) groups is 2. The first kappa shape index (κ1) is 20.4. The number of hydrogen-bond donors (Lipinski definition) is 2. The van der Waals surface area contributed by atoms with Crippen LogP contribution in [0.1, 0.15) is 0 Å². The van der Waals surface area contributed by atoms with E-state index in [9.17, 15) is 35.9 Å². The van der Waals surface area contributed by atoms with Gasteiger partial charge in [0.2, 0.25) is 0 Å². The molecule has 0 radical (unpaired) electrons. The zero-order valence-electron chi connectivity index (χ0n) is 11.1. The first-order valence-corrected chi connectivity index (χ1v) is 5.90. The molecule has 0 aromatic carbocycles. The van der Waals surface area contributed by atoms with Crippen molar-refractivity contribution in [3.8, 4) is 0 Å². The van der Waals surface area contributed by atoms with Gasteiger partial charge in [0.25, 0.3) is 0 Å². The minimum atomic E-state index is -4.95. The van der Waals surface area contributed by atoms with Gasteiger partial charge in [-0.15, -0.1) is 0 Å². The van der Waals surface area contributed by atoms with Gasteiger partial charge in [0.15, 0.2) is 0 Å². The standard InChI is InChI=1S/C10H14F6N2O4/c11-9(12,13)7(19)17-1-3-21-5-6-22-4-2-18-8(20)10(14,15)16/h1-6H2,(H,17,19)(H,18,20). The van der Waals surface area contributed by atoms with Crippen molar-refractivity contribution in [3.05, 3.63) is 0 Å². The first-order valence-electron chi connectivity index (χ1n) is 5.90. The summed E-state index contributed by atoms with van der Waals surface area (Å²) in [6.07, 6.45) is -9.91. The monoisotopic (exact) mass is 340 g/mol. The lowest BCUT2D eigenvalue weighted by atomic mass is 10.5. The summed E-state index contributed by atoms with van der Waals surface area (Å²) in [4.78, 5) is 20.7. The van der Waals surface area contributed by atoms with Gasteiger partial charge in [-0.1, -0.05) is 0 Å². The number of nitrogens with one attached hydrogen (secondary N) is 2. The Labute approximate surface area is 121 Å². The smallest absolute Gasteiger partial charge is 0.377 e. The highest BCUT2D eigenvalue weighted by molar-refractivity contribution is 5.81. The maximum atomic E-state index is 11.8. The molecule has 0 heterocycles. The van der Waals surface area contributed by atoms with E-state index in [-0.39, 0.29) is 39.5 Å². The van der Waals surface area contributed by atoms with Gasteiger partial charge in [-0.05, 0) is 0 Å². The average molecular weight is 340 g/mol. The molecule has 130 valence electrons. The lowest BCUT2D eigenvalue weighted by Gasteiger charge is -2.09. The fourth-order valence-electron chi connectivity index (χ4n) is 0.996. The molecule has 0 bridgehead atoms. The van der Waals surface area contributed by atoms with Crippen LogP contribution in [-0.4, -0.2) is 63.7 Å². The lowest BCUT2D eigenvalue weighted by molar-refractivity contribution is -0.173. The van der Waals surface area contributed by atoms with Crippen molar-refractivity contribution in [1.82, 2.24) is 10.6 Å². The molecule has 0 unspecified atom stereocenters. The Bertz CT molecular complexity index is 324. The van der Waals surface area contributed by atoms with Crippen LogP contribution in [-0.2, 0) is 19.1 Å². The Hall–Kier alpha value is -1.56. The SMILES string of the molecule is O=C(NCCOCCOCCNC(=O)C(F)(F)F)C(F)(F)F. The molecule has 0 aliphatic rings. The number of alkyl halides is 6.